The number of hydrogen-bond donors (Lipinski definition) is 6. The lowest BCUT2D eigenvalue weighted by atomic mass is 10.1. The maximum atomic E-state index is 11.9. The molecular formula is C15H12O7. The van der Waals surface area contributed by atoms with E-state index in [9.17, 15) is 35.4 Å². The van der Waals surface area contributed by atoms with Crippen molar-refractivity contribution in [3.63, 3.8) is 0 Å². The van der Waals surface area contributed by atoms with E-state index in [4.69, 9.17) is 0 Å². The molecule has 0 atom stereocenters. The Kier molecular flexibility index (Phi) is 3.81. The minimum atomic E-state index is -0.815. The van der Waals surface area contributed by atoms with Crippen LogP contribution in [0.25, 0.3) is 6.08 Å². The Morgan fingerprint density at radius 2 is 1.27 bits per heavy atom. The fourth-order valence-electron chi connectivity index (χ4n) is 1.74. The number of carbonyl (C=O) groups is 1. The highest BCUT2D eigenvalue weighted by Crippen LogP contribution is 2.39. The third-order valence-corrected chi connectivity index (χ3v) is 2.97. The fourth-order valence-corrected chi connectivity index (χ4v) is 1.74. The van der Waals surface area contributed by atoms with Gasteiger partial charge in [0.25, 0.3) is 0 Å². The van der Waals surface area contributed by atoms with Crippen LogP contribution >= 0.6 is 0 Å². The molecule has 0 bridgehead atoms. The smallest absolute Gasteiger partial charge is 0.201 e. The maximum absolute atomic E-state index is 11.9. The van der Waals surface area contributed by atoms with Gasteiger partial charge in [-0.05, 0) is 36.4 Å². The summed E-state index contributed by atoms with van der Waals surface area (Å²) in [4.78, 5) is 11.9. The highest BCUT2D eigenvalue weighted by atomic mass is 16.3. The van der Waals surface area contributed by atoms with E-state index in [1.54, 1.807) is 0 Å². The summed E-state index contributed by atoms with van der Waals surface area (Å²) in [6.45, 7) is 0. The van der Waals surface area contributed by atoms with Crippen LogP contribution in [0.2, 0.25) is 0 Å². The van der Waals surface area contributed by atoms with Gasteiger partial charge in [-0.15, -0.1) is 0 Å². The first-order valence-corrected chi connectivity index (χ1v) is 6.03. The van der Waals surface area contributed by atoms with Gasteiger partial charge >= 0.3 is 0 Å². The third-order valence-electron chi connectivity index (χ3n) is 2.97. The zero-order chi connectivity index (χ0) is 16.4. The predicted molar refractivity (Wildman–Crippen MR) is 76.2 cm³/mol. The molecule has 0 saturated heterocycles. The fraction of sp³-hybridized carbons (Fsp3) is 0. The molecule has 2 aromatic rings. The molecule has 0 fully saturated rings. The van der Waals surface area contributed by atoms with Gasteiger partial charge in [-0.3, -0.25) is 4.79 Å². The molecule has 2 aromatic carbocycles. The number of rotatable bonds is 3. The lowest BCUT2D eigenvalue weighted by molar-refractivity contribution is 0.104. The summed E-state index contributed by atoms with van der Waals surface area (Å²) in [7, 11) is 0. The SMILES string of the molecule is O=C(/C=C/c1ccc(O)c(O)c1O)c1ccc(O)c(O)c1O. The lowest BCUT2D eigenvalue weighted by Crippen LogP contribution is -1.95. The second kappa shape index (κ2) is 5.57. The second-order valence-electron chi connectivity index (χ2n) is 4.40. The normalized spacial score (nSPS) is 10.9. The van der Waals surface area contributed by atoms with Crippen LogP contribution in [-0.4, -0.2) is 36.4 Å². The molecule has 6 N–H and O–H groups in total. The molecule has 0 aliphatic carbocycles. The average molecular weight is 304 g/mol. The summed E-state index contributed by atoms with van der Waals surface area (Å²) in [6, 6.07) is 4.55. The minimum Gasteiger partial charge on any atom is -0.504 e. The van der Waals surface area contributed by atoms with Gasteiger partial charge in [0.2, 0.25) is 11.5 Å². The summed E-state index contributed by atoms with van der Waals surface area (Å²) < 4.78 is 0. The number of aromatic hydroxyl groups is 6. The van der Waals surface area contributed by atoms with Crippen molar-refractivity contribution in [2.75, 3.05) is 0 Å². The molecule has 22 heavy (non-hydrogen) atoms. The molecule has 0 aromatic heterocycles. The number of ketones is 1. The van der Waals surface area contributed by atoms with Crippen molar-refractivity contribution in [2.24, 2.45) is 0 Å². The van der Waals surface area contributed by atoms with E-state index in [1.807, 2.05) is 0 Å². The molecule has 2 rings (SSSR count). The molecule has 0 radical (unpaired) electrons. The highest BCUT2D eigenvalue weighted by molar-refractivity contribution is 6.09. The van der Waals surface area contributed by atoms with E-state index < -0.39 is 40.3 Å². The Labute approximate surface area is 124 Å². The van der Waals surface area contributed by atoms with Crippen molar-refractivity contribution in [3.05, 3.63) is 41.5 Å². The molecule has 0 unspecified atom stereocenters. The van der Waals surface area contributed by atoms with E-state index in [-0.39, 0.29) is 11.1 Å². The van der Waals surface area contributed by atoms with Crippen LogP contribution in [0.5, 0.6) is 34.5 Å². The van der Waals surface area contributed by atoms with Gasteiger partial charge in [0.15, 0.2) is 28.8 Å². The summed E-state index contributed by atoms with van der Waals surface area (Å²) >= 11 is 0. The van der Waals surface area contributed by atoms with Gasteiger partial charge < -0.3 is 30.6 Å². The molecule has 0 aliphatic rings. The lowest BCUT2D eigenvalue weighted by Gasteiger charge is -2.05. The zero-order valence-electron chi connectivity index (χ0n) is 11.1. The predicted octanol–water partition coefficient (Wildman–Crippen LogP) is 1.82. The van der Waals surface area contributed by atoms with E-state index in [1.165, 1.54) is 6.07 Å². The summed E-state index contributed by atoms with van der Waals surface area (Å²) in [6.07, 6.45) is 2.14. The van der Waals surface area contributed by atoms with E-state index in [2.05, 4.69) is 0 Å². The number of allylic oxidation sites excluding steroid dienone is 1. The summed E-state index contributed by atoms with van der Waals surface area (Å²) in [5, 5.41) is 56.3. The Morgan fingerprint density at radius 1 is 0.727 bits per heavy atom. The van der Waals surface area contributed by atoms with Gasteiger partial charge in [-0.25, -0.2) is 0 Å². The molecule has 7 heteroatoms. The average Bonchev–Trinajstić information content (AvgIpc) is 2.49. The van der Waals surface area contributed by atoms with Gasteiger partial charge in [0.05, 0.1) is 5.56 Å². The van der Waals surface area contributed by atoms with Crippen LogP contribution in [0.3, 0.4) is 0 Å². The first kappa shape index (κ1) is 15.0. The number of hydrogen-bond acceptors (Lipinski definition) is 7. The molecule has 114 valence electrons. The Bertz CT molecular complexity index is 778. The van der Waals surface area contributed by atoms with Gasteiger partial charge in [0.1, 0.15) is 0 Å². The largest absolute Gasteiger partial charge is 0.504 e. The number of phenolic OH excluding ortho intramolecular Hbond substituents is 6. The van der Waals surface area contributed by atoms with Crippen LogP contribution in [0, 0.1) is 0 Å². The van der Waals surface area contributed by atoms with Crippen molar-refractivity contribution in [1.29, 1.82) is 0 Å². The van der Waals surface area contributed by atoms with E-state index >= 15 is 0 Å². The van der Waals surface area contributed by atoms with Gasteiger partial charge in [-0.2, -0.15) is 0 Å². The number of carbonyl (C=O) groups excluding carboxylic acids is 1. The third kappa shape index (κ3) is 2.59. The van der Waals surface area contributed by atoms with Crippen molar-refractivity contribution in [3.8, 4) is 34.5 Å². The zero-order valence-corrected chi connectivity index (χ0v) is 11.1. The van der Waals surface area contributed by atoms with Crippen LogP contribution in [0.4, 0.5) is 0 Å². The van der Waals surface area contributed by atoms with Gasteiger partial charge in [0, 0.05) is 5.56 Å². The summed E-state index contributed by atoms with van der Waals surface area (Å²) in [5.74, 6) is -4.71. The molecular weight excluding hydrogens is 292 g/mol. The Balaban J connectivity index is 2.34. The molecule has 0 heterocycles. The molecule has 0 aliphatic heterocycles. The number of phenols is 6. The van der Waals surface area contributed by atoms with E-state index in [0.29, 0.717) is 0 Å². The van der Waals surface area contributed by atoms with Crippen molar-refractivity contribution in [1.82, 2.24) is 0 Å². The Hall–Kier alpha value is -3.35. The van der Waals surface area contributed by atoms with E-state index in [0.717, 1.165) is 30.4 Å². The first-order chi connectivity index (χ1) is 10.3. The molecule has 0 spiro atoms. The summed E-state index contributed by atoms with van der Waals surface area (Å²) in [5.41, 5.74) is -0.194. The molecule has 0 saturated carbocycles. The second-order valence-corrected chi connectivity index (χ2v) is 4.40. The van der Waals surface area contributed by atoms with Crippen molar-refractivity contribution >= 4 is 11.9 Å². The van der Waals surface area contributed by atoms with Crippen LogP contribution in [-0.2, 0) is 0 Å². The quantitative estimate of drug-likeness (QED) is 0.289. The Morgan fingerprint density at radius 3 is 1.91 bits per heavy atom. The van der Waals surface area contributed by atoms with Crippen molar-refractivity contribution < 1.29 is 35.4 Å². The minimum absolute atomic E-state index is 0.0612. The van der Waals surface area contributed by atoms with Gasteiger partial charge in [-0.1, -0.05) is 0 Å². The first-order valence-electron chi connectivity index (χ1n) is 6.03. The monoisotopic (exact) mass is 304 g/mol. The maximum Gasteiger partial charge on any atom is 0.201 e. The van der Waals surface area contributed by atoms with Crippen LogP contribution < -0.4 is 0 Å². The molecule has 7 nitrogen and oxygen atoms in total. The molecule has 0 amide bonds. The van der Waals surface area contributed by atoms with Crippen LogP contribution in [0.1, 0.15) is 15.9 Å². The topological polar surface area (TPSA) is 138 Å². The van der Waals surface area contributed by atoms with Crippen molar-refractivity contribution in [2.45, 2.75) is 0 Å². The van der Waals surface area contributed by atoms with Crippen LogP contribution in [0.15, 0.2) is 30.3 Å². The standard InChI is InChI=1S/C15H12O7/c16-9(8-3-6-11(18)15(22)13(8)20)4-1-7-2-5-10(17)14(21)12(7)19/h1-6,17-22H/b4-1+. The number of benzene rings is 2. The highest BCUT2D eigenvalue weighted by Gasteiger charge is 2.15.